The summed E-state index contributed by atoms with van der Waals surface area (Å²) in [5.41, 5.74) is 3.21. The zero-order chi connectivity index (χ0) is 17.1. The molecule has 0 spiro atoms. The van der Waals surface area contributed by atoms with Gasteiger partial charge in [0.1, 0.15) is 5.69 Å². The van der Waals surface area contributed by atoms with E-state index in [9.17, 15) is 4.79 Å². The van der Waals surface area contributed by atoms with E-state index in [4.69, 9.17) is 4.74 Å². The summed E-state index contributed by atoms with van der Waals surface area (Å²) >= 11 is 0. The molecule has 0 bridgehead atoms. The largest absolute Gasteiger partial charge is 0.381 e. The van der Waals surface area contributed by atoms with Gasteiger partial charge >= 0.3 is 0 Å². The number of nitrogens with zero attached hydrogens (tertiary/aromatic N) is 3. The molecule has 24 heavy (non-hydrogen) atoms. The van der Waals surface area contributed by atoms with Crippen LogP contribution < -0.4 is 0 Å². The van der Waals surface area contributed by atoms with Crippen molar-refractivity contribution in [3.8, 4) is 0 Å². The normalized spacial score (nSPS) is 21.0. The van der Waals surface area contributed by atoms with E-state index in [0.29, 0.717) is 11.6 Å². The van der Waals surface area contributed by atoms with Gasteiger partial charge in [-0.15, -0.1) is 0 Å². The monoisotopic (exact) mass is 327 g/mol. The lowest BCUT2D eigenvalue weighted by molar-refractivity contribution is -0.00331. The minimum absolute atomic E-state index is 0.0544. The molecule has 5 heteroatoms. The van der Waals surface area contributed by atoms with Gasteiger partial charge in [-0.1, -0.05) is 29.8 Å². The number of ether oxygens (including phenoxy) is 1. The second kappa shape index (κ2) is 7.18. The second-order valence-corrected chi connectivity index (χ2v) is 6.61. The molecule has 2 atom stereocenters. The molecule has 1 aliphatic rings. The Kier molecular flexibility index (Phi) is 5.00. The number of hydrogen-bond acceptors (Lipinski definition) is 3. The van der Waals surface area contributed by atoms with Gasteiger partial charge in [0.05, 0.1) is 6.10 Å². The maximum atomic E-state index is 12.8. The van der Waals surface area contributed by atoms with Gasteiger partial charge < -0.3 is 9.64 Å². The number of methoxy groups -OCH3 is 1. The molecule has 1 aromatic carbocycles. The zero-order valence-corrected chi connectivity index (χ0v) is 14.6. The van der Waals surface area contributed by atoms with Crippen LogP contribution in [0.1, 0.15) is 28.0 Å². The fourth-order valence-electron chi connectivity index (χ4n) is 3.59. The summed E-state index contributed by atoms with van der Waals surface area (Å²) in [7, 11) is 3.58. The SMILES string of the molecule is CO[C@@H]1CCN(C(=O)c2ccnn2C)C[C@H]1Cc1cccc(C)c1. The average Bonchev–Trinajstić information content (AvgIpc) is 3.00. The number of piperidine rings is 1. The fraction of sp³-hybridized carbons (Fsp3) is 0.474. The zero-order valence-electron chi connectivity index (χ0n) is 14.6. The maximum absolute atomic E-state index is 12.8. The topological polar surface area (TPSA) is 47.4 Å². The Bertz CT molecular complexity index is 710. The van der Waals surface area contributed by atoms with Crippen LogP contribution in [-0.4, -0.2) is 46.9 Å². The lowest BCUT2D eigenvalue weighted by Gasteiger charge is -2.38. The molecule has 2 heterocycles. The summed E-state index contributed by atoms with van der Waals surface area (Å²) < 4.78 is 7.33. The predicted molar refractivity (Wildman–Crippen MR) is 92.9 cm³/mol. The molecular weight excluding hydrogens is 302 g/mol. The van der Waals surface area contributed by atoms with Crippen LogP contribution in [0, 0.1) is 12.8 Å². The summed E-state index contributed by atoms with van der Waals surface area (Å²) in [6.07, 6.45) is 3.66. The molecule has 0 radical (unpaired) electrons. The van der Waals surface area contributed by atoms with Gasteiger partial charge in [0, 0.05) is 39.4 Å². The molecule has 0 saturated carbocycles. The van der Waals surface area contributed by atoms with Crippen molar-refractivity contribution >= 4 is 5.91 Å². The number of rotatable bonds is 4. The third-order valence-electron chi connectivity index (χ3n) is 4.87. The standard InChI is InChI=1S/C19H25N3O2/c1-14-5-4-6-15(11-14)12-16-13-22(10-8-18(16)24-3)19(23)17-7-9-20-21(17)2/h4-7,9,11,16,18H,8,10,12-13H2,1-3H3/t16-,18-/m1/s1. The van der Waals surface area contributed by atoms with E-state index in [1.807, 2.05) is 4.90 Å². The average molecular weight is 327 g/mol. The number of likely N-dealkylation sites (tertiary alicyclic amines) is 1. The summed E-state index contributed by atoms with van der Waals surface area (Å²) in [6, 6.07) is 10.3. The number of hydrogen-bond donors (Lipinski definition) is 0. The van der Waals surface area contributed by atoms with E-state index >= 15 is 0 Å². The van der Waals surface area contributed by atoms with Crippen molar-refractivity contribution < 1.29 is 9.53 Å². The Morgan fingerprint density at radius 2 is 2.21 bits per heavy atom. The van der Waals surface area contributed by atoms with E-state index in [1.165, 1.54) is 11.1 Å². The van der Waals surface area contributed by atoms with Gasteiger partial charge in [-0.2, -0.15) is 5.10 Å². The Morgan fingerprint density at radius 3 is 2.88 bits per heavy atom. The molecule has 0 aliphatic carbocycles. The number of carbonyl (C=O) groups is 1. The van der Waals surface area contributed by atoms with Crippen LogP contribution >= 0.6 is 0 Å². The first-order valence-electron chi connectivity index (χ1n) is 8.44. The fourth-order valence-corrected chi connectivity index (χ4v) is 3.59. The van der Waals surface area contributed by atoms with Crippen LogP contribution in [0.4, 0.5) is 0 Å². The summed E-state index contributed by atoms with van der Waals surface area (Å²) in [5, 5.41) is 4.10. The Labute approximate surface area is 143 Å². The van der Waals surface area contributed by atoms with Gasteiger partial charge in [0.15, 0.2) is 0 Å². The van der Waals surface area contributed by atoms with Gasteiger partial charge in [-0.3, -0.25) is 9.48 Å². The molecule has 1 fully saturated rings. The number of benzene rings is 1. The van der Waals surface area contributed by atoms with Crippen LogP contribution in [0.15, 0.2) is 36.5 Å². The predicted octanol–water partition coefficient (Wildman–Crippen LogP) is 2.45. The highest BCUT2D eigenvalue weighted by molar-refractivity contribution is 5.92. The molecule has 1 saturated heterocycles. The minimum Gasteiger partial charge on any atom is -0.381 e. The van der Waals surface area contributed by atoms with E-state index in [1.54, 1.807) is 31.1 Å². The maximum Gasteiger partial charge on any atom is 0.272 e. The molecule has 0 unspecified atom stereocenters. The third kappa shape index (κ3) is 3.51. The van der Waals surface area contributed by atoms with Crippen LogP contribution in [0.2, 0.25) is 0 Å². The van der Waals surface area contributed by atoms with Crippen LogP contribution in [0.25, 0.3) is 0 Å². The quantitative estimate of drug-likeness (QED) is 0.866. The van der Waals surface area contributed by atoms with E-state index in [0.717, 1.165) is 25.9 Å². The van der Waals surface area contributed by atoms with Gasteiger partial charge in [0.25, 0.3) is 5.91 Å². The summed E-state index contributed by atoms with van der Waals surface area (Å²) in [4.78, 5) is 14.7. The molecule has 128 valence electrons. The van der Waals surface area contributed by atoms with Crippen molar-refractivity contribution in [1.82, 2.24) is 14.7 Å². The Morgan fingerprint density at radius 1 is 1.38 bits per heavy atom. The molecule has 2 aromatic rings. The van der Waals surface area contributed by atoms with Crippen LogP contribution in [-0.2, 0) is 18.2 Å². The summed E-state index contributed by atoms with van der Waals surface area (Å²) in [6.45, 7) is 3.56. The van der Waals surface area contributed by atoms with Crippen molar-refractivity contribution in [3.63, 3.8) is 0 Å². The van der Waals surface area contributed by atoms with Crippen molar-refractivity contribution in [1.29, 1.82) is 0 Å². The molecule has 1 amide bonds. The van der Waals surface area contributed by atoms with E-state index in [-0.39, 0.29) is 12.0 Å². The van der Waals surface area contributed by atoms with E-state index < -0.39 is 0 Å². The molecular formula is C19H25N3O2. The van der Waals surface area contributed by atoms with Gasteiger partial charge in [0.2, 0.25) is 0 Å². The van der Waals surface area contributed by atoms with E-state index in [2.05, 4.69) is 36.3 Å². The first kappa shape index (κ1) is 16.7. The molecule has 5 nitrogen and oxygen atoms in total. The molecule has 0 N–H and O–H groups in total. The lowest BCUT2D eigenvalue weighted by Crippen LogP contribution is -2.47. The van der Waals surface area contributed by atoms with Crippen molar-refractivity contribution in [2.75, 3.05) is 20.2 Å². The van der Waals surface area contributed by atoms with Crippen LogP contribution in [0.3, 0.4) is 0 Å². The highest BCUT2D eigenvalue weighted by Gasteiger charge is 2.32. The number of carbonyl (C=O) groups excluding carboxylic acids is 1. The highest BCUT2D eigenvalue weighted by atomic mass is 16.5. The van der Waals surface area contributed by atoms with Gasteiger partial charge in [-0.25, -0.2) is 0 Å². The van der Waals surface area contributed by atoms with Crippen molar-refractivity contribution in [3.05, 3.63) is 53.3 Å². The Hall–Kier alpha value is -2.14. The smallest absolute Gasteiger partial charge is 0.272 e. The Balaban J connectivity index is 1.74. The highest BCUT2D eigenvalue weighted by Crippen LogP contribution is 2.25. The van der Waals surface area contributed by atoms with Crippen molar-refractivity contribution in [2.45, 2.75) is 25.9 Å². The number of aromatic nitrogens is 2. The first-order chi connectivity index (χ1) is 11.6. The first-order valence-corrected chi connectivity index (χ1v) is 8.44. The molecule has 1 aromatic heterocycles. The molecule has 3 rings (SSSR count). The summed E-state index contributed by atoms with van der Waals surface area (Å²) in [5.74, 6) is 0.363. The minimum atomic E-state index is 0.0544. The van der Waals surface area contributed by atoms with Crippen molar-refractivity contribution in [2.24, 2.45) is 13.0 Å². The number of amides is 1. The van der Waals surface area contributed by atoms with Gasteiger partial charge in [-0.05, 0) is 31.4 Å². The second-order valence-electron chi connectivity index (χ2n) is 6.61. The number of aryl methyl sites for hydroxylation is 2. The molecule has 1 aliphatic heterocycles. The third-order valence-corrected chi connectivity index (χ3v) is 4.87. The lowest BCUT2D eigenvalue weighted by atomic mass is 9.88. The van der Waals surface area contributed by atoms with Crippen LogP contribution in [0.5, 0.6) is 0 Å².